The Labute approximate surface area is 137 Å². The van der Waals surface area contributed by atoms with Crippen LogP contribution in [0.3, 0.4) is 0 Å². The van der Waals surface area contributed by atoms with Gasteiger partial charge in [0.2, 0.25) is 0 Å². The minimum Gasteiger partial charge on any atom is -0.444 e. The number of carbonyl (C=O) groups is 1. The molecule has 1 fully saturated rings. The number of benzene rings is 1. The normalized spacial score (nSPS) is 17.5. The van der Waals surface area contributed by atoms with Crippen LogP contribution in [0.2, 0.25) is 0 Å². The summed E-state index contributed by atoms with van der Waals surface area (Å²) in [6, 6.07) is 13.1. The SMILES string of the molecule is O=C(c1ccc(Br)o1)N1CCC([C@@H](O)c2ccccc2)CC1. The molecule has 1 amide bonds. The van der Waals surface area contributed by atoms with E-state index in [2.05, 4.69) is 15.9 Å². The first-order valence-corrected chi connectivity index (χ1v) is 8.22. The third kappa shape index (κ3) is 3.25. The van der Waals surface area contributed by atoms with Crippen molar-refractivity contribution < 1.29 is 14.3 Å². The average molecular weight is 364 g/mol. The van der Waals surface area contributed by atoms with Gasteiger partial charge in [0.25, 0.3) is 5.91 Å². The molecule has 1 N–H and O–H groups in total. The Kier molecular flexibility index (Phi) is 4.64. The standard InChI is InChI=1S/C17H18BrNO3/c18-15-7-6-14(22-15)17(21)19-10-8-13(9-11-19)16(20)12-4-2-1-3-5-12/h1-7,13,16,20H,8-11H2/t16-/m0/s1. The first-order valence-electron chi connectivity index (χ1n) is 7.43. The quantitative estimate of drug-likeness (QED) is 0.905. The van der Waals surface area contributed by atoms with Gasteiger partial charge < -0.3 is 14.4 Å². The maximum atomic E-state index is 12.3. The number of aliphatic hydroxyl groups excluding tert-OH is 1. The highest BCUT2D eigenvalue weighted by molar-refractivity contribution is 9.10. The Hall–Kier alpha value is -1.59. The number of halogens is 1. The lowest BCUT2D eigenvalue weighted by atomic mass is 9.87. The molecule has 0 saturated carbocycles. The summed E-state index contributed by atoms with van der Waals surface area (Å²) in [6.07, 6.45) is 1.13. The van der Waals surface area contributed by atoms with Crippen LogP contribution in [0.15, 0.2) is 51.6 Å². The van der Waals surface area contributed by atoms with Gasteiger partial charge in [0.05, 0.1) is 6.10 Å². The van der Waals surface area contributed by atoms with Crippen molar-refractivity contribution in [3.8, 4) is 0 Å². The number of piperidine rings is 1. The van der Waals surface area contributed by atoms with Gasteiger partial charge in [-0.1, -0.05) is 30.3 Å². The molecule has 1 aromatic carbocycles. The van der Waals surface area contributed by atoms with Crippen LogP contribution in [-0.2, 0) is 0 Å². The van der Waals surface area contributed by atoms with Crippen LogP contribution in [0, 0.1) is 5.92 Å². The van der Waals surface area contributed by atoms with Crippen molar-refractivity contribution in [3.63, 3.8) is 0 Å². The molecule has 0 spiro atoms. The van der Waals surface area contributed by atoms with Gasteiger partial charge >= 0.3 is 0 Å². The van der Waals surface area contributed by atoms with Crippen LogP contribution in [-0.4, -0.2) is 29.0 Å². The number of furan rings is 1. The number of amides is 1. The number of aliphatic hydroxyl groups is 1. The first-order chi connectivity index (χ1) is 10.6. The number of hydrogen-bond acceptors (Lipinski definition) is 3. The van der Waals surface area contributed by atoms with Gasteiger partial charge in [-0.15, -0.1) is 0 Å². The molecule has 1 aromatic heterocycles. The fraction of sp³-hybridized carbons (Fsp3) is 0.353. The Balaban J connectivity index is 1.59. The zero-order valence-corrected chi connectivity index (χ0v) is 13.7. The summed E-state index contributed by atoms with van der Waals surface area (Å²) in [6.45, 7) is 1.29. The first kappa shape index (κ1) is 15.3. The molecule has 5 heteroatoms. The molecule has 1 saturated heterocycles. The monoisotopic (exact) mass is 363 g/mol. The van der Waals surface area contributed by atoms with Crippen molar-refractivity contribution >= 4 is 21.8 Å². The Morgan fingerprint density at radius 1 is 1.18 bits per heavy atom. The zero-order chi connectivity index (χ0) is 15.5. The molecule has 4 nitrogen and oxygen atoms in total. The van der Waals surface area contributed by atoms with E-state index < -0.39 is 6.10 Å². The van der Waals surface area contributed by atoms with Crippen LogP contribution >= 0.6 is 15.9 Å². The topological polar surface area (TPSA) is 53.7 Å². The van der Waals surface area contributed by atoms with Crippen LogP contribution < -0.4 is 0 Å². The molecule has 1 atom stereocenters. The summed E-state index contributed by atoms with van der Waals surface area (Å²) < 4.78 is 5.88. The molecule has 1 aliphatic heterocycles. The maximum absolute atomic E-state index is 12.3. The second kappa shape index (κ2) is 6.67. The van der Waals surface area contributed by atoms with Gasteiger partial charge in [-0.05, 0) is 52.4 Å². The summed E-state index contributed by atoms with van der Waals surface area (Å²) in [5.74, 6) is 0.460. The van der Waals surface area contributed by atoms with Crippen molar-refractivity contribution in [3.05, 3.63) is 58.5 Å². The fourth-order valence-corrected chi connectivity index (χ4v) is 3.23. The summed E-state index contributed by atoms with van der Waals surface area (Å²) in [5, 5.41) is 10.5. The van der Waals surface area contributed by atoms with Gasteiger partial charge in [-0.2, -0.15) is 0 Å². The highest BCUT2D eigenvalue weighted by Gasteiger charge is 2.29. The molecule has 1 aliphatic rings. The fourth-order valence-electron chi connectivity index (χ4n) is 2.93. The molecule has 2 heterocycles. The molecule has 0 radical (unpaired) electrons. The molecular formula is C17H18BrNO3. The van der Waals surface area contributed by atoms with Crippen LogP contribution in [0.4, 0.5) is 0 Å². The second-order valence-electron chi connectivity index (χ2n) is 5.59. The van der Waals surface area contributed by atoms with E-state index >= 15 is 0 Å². The lowest BCUT2D eigenvalue weighted by molar-refractivity contribution is 0.0442. The molecule has 116 valence electrons. The van der Waals surface area contributed by atoms with Crippen LogP contribution in [0.5, 0.6) is 0 Å². The van der Waals surface area contributed by atoms with E-state index in [1.165, 1.54) is 0 Å². The lowest BCUT2D eigenvalue weighted by Crippen LogP contribution is -2.39. The van der Waals surface area contributed by atoms with Crippen LogP contribution in [0.25, 0.3) is 0 Å². The van der Waals surface area contributed by atoms with Crippen molar-refractivity contribution in [1.29, 1.82) is 0 Å². The van der Waals surface area contributed by atoms with E-state index in [-0.39, 0.29) is 11.8 Å². The Morgan fingerprint density at radius 3 is 2.45 bits per heavy atom. The van der Waals surface area contributed by atoms with E-state index in [1.54, 1.807) is 17.0 Å². The van der Waals surface area contributed by atoms with E-state index in [4.69, 9.17) is 4.42 Å². The predicted octanol–water partition coefficient (Wildman–Crippen LogP) is 3.63. The summed E-state index contributed by atoms with van der Waals surface area (Å²) in [5.41, 5.74) is 0.947. The largest absolute Gasteiger partial charge is 0.444 e. The van der Waals surface area contributed by atoms with Gasteiger partial charge in [0.15, 0.2) is 10.4 Å². The number of carbonyl (C=O) groups excluding carboxylic acids is 1. The summed E-state index contributed by atoms with van der Waals surface area (Å²) in [7, 11) is 0. The predicted molar refractivity (Wildman–Crippen MR) is 86.4 cm³/mol. The van der Waals surface area contributed by atoms with E-state index in [9.17, 15) is 9.90 Å². The summed E-state index contributed by atoms with van der Waals surface area (Å²) in [4.78, 5) is 14.1. The van der Waals surface area contributed by atoms with E-state index in [0.29, 0.717) is 23.5 Å². The van der Waals surface area contributed by atoms with Crippen molar-refractivity contribution in [2.45, 2.75) is 18.9 Å². The van der Waals surface area contributed by atoms with Crippen LogP contribution in [0.1, 0.15) is 35.1 Å². The molecule has 0 bridgehead atoms. The number of hydrogen-bond donors (Lipinski definition) is 1. The Bertz CT molecular complexity index is 632. The lowest BCUT2D eigenvalue weighted by Gasteiger charge is -2.34. The van der Waals surface area contributed by atoms with Crippen molar-refractivity contribution in [1.82, 2.24) is 4.90 Å². The van der Waals surface area contributed by atoms with E-state index in [1.807, 2.05) is 30.3 Å². The van der Waals surface area contributed by atoms with Crippen molar-refractivity contribution in [2.24, 2.45) is 5.92 Å². The van der Waals surface area contributed by atoms with Gasteiger partial charge in [-0.25, -0.2) is 0 Å². The smallest absolute Gasteiger partial charge is 0.289 e. The third-order valence-electron chi connectivity index (χ3n) is 4.20. The number of nitrogens with zero attached hydrogens (tertiary/aromatic N) is 1. The molecule has 0 aliphatic carbocycles. The molecule has 22 heavy (non-hydrogen) atoms. The van der Waals surface area contributed by atoms with Gasteiger partial charge in [0, 0.05) is 13.1 Å². The minimum absolute atomic E-state index is 0.0849. The van der Waals surface area contributed by atoms with E-state index in [0.717, 1.165) is 18.4 Å². The molecular weight excluding hydrogens is 346 g/mol. The minimum atomic E-state index is -0.462. The average Bonchev–Trinajstić information content (AvgIpc) is 3.01. The molecule has 3 rings (SSSR count). The number of likely N-dealkylation sites (tertiary alicyclic amines) is 1. The van der Waals surface area contributed by atoms with Crippen molar-refractivity contribution in [2.75, 3.05) is 13.1 Å². The third-order valence-corrected chi connectivity index (χ3v) is 4.62. The highest BCUT2D eigenvalue weighted by Crippen LogP contribution is 2.31. The maximum Gasteiger partial charge on any atom is 0.289 e. The highest BCUT2D eigenvalue weighted by atomic mass is 79.9. The molecule has 0 unspecified atom stereocenters. The zero-order valence-electron chi connectivity index (χ0n) is 12.1. The number of rotatable bonds is 3. The van der Waals surface area contributed by atoms with Gasteiger partial charge in [-0.3, -0.25) is 4.79 Å². The second-order valence-corrected chi connectivity index (χ2v) is 6.37. The summed E-state index contributed by atoms with van der Waals surface area (Å²) >= 11 is 3.21. The Morgan fingerprint density at radius 2 is 1.86 bits per heavy atom. The van der Waals surface area contributed by atoms with Gasteiger partial charge in [0.1, 0.15) is 0 Å². The molecule has 2 aromatic rings.